The number of aryl methyl sites for hydroxylation is 1. The molecule has 2 atom stereocenters. The molecule has 0 spiro atoms. The van der Waals surface area contributed by atoms with Crippen LogP contribution in [0.2, 0.25) is 0 Å². The van der Waals surface area contributed by atoms with Gasteiger partial charge in [-0.3, -0.25) is 4.79 Å². The van der Waals surface area contributed by atoms with E-state index in [9.17, 15) is 4.79 Å². The van der Waals surface area contributed by atoms with Crippen molar-refractivity contribution in [3.05, 3.63) is 35.4 Å². The van der Waals surface area contributed by atoms with Crippen LogP contribution >= 0.6 is 12.4 Å². The largest absolute Gasteiger partial charge is 0.376 e. The van der Waals surface area contributed by atoms with Gasteiger partial charge in [0.15, 0.2) is 0 Å². The fraction of sp³-hybridized carbons (Fsp3) is 0.632. The minimum atomic E-state index is -0.000536. The maximum Gasteiger partial charge on any atom is 0.226 e. The summed E-state index contributed by atoms with van der Waals surface area (Å²) < 4.78 is 5.73. The van der Waals surface area contributed by atoms with Crippen molar-refractivity contribution in [3.8, 4) is 0 Å². The molecule has 2 unspecified atom stereocenters. The first kappa shape index (κ1) is 20.9. The van der Waals surface area contributed by atoms with E-state index in [-0.39, 0.29) is 30.3 Å². The fourth-order valence-electron chi connectivity index (χ4n) is 3.05. The molecular weight excluding hydrogens is 324 g/mol. The normalized spacial score (nSPS) is 18.0. The number of amides is 1. The monoisotopic (exact) mass is 354 g/mol. The second kappa shape index (κ2) is 10.7. The molecule has 1 aromatic rings. The Balaban J connectivity index is 0.00000288. The molecule has 1 saturated heterocycles. The number of hydrogen-bond acceptors (Lipinski definition) is 3. The summed E-state index contributed by atoms with van der Waals surface area (Å²) in [6.07, 6.45) is 3.27. The van der Waals surface area contributed by atoms with Crippen molar-refractivity contribution in [1.29, 1.82) is 0 Å². The van der Waals surface area contributed by atoms with E-state index in [0.29, 0.717) is 6.54 Å². The van der Waals surface area contributed by atoms with Gasteiger partial charge in [-0.15, -0.1) is 12.4 Å². The van der Waals surface area contributed by atoms with E-state index in [2.05, 4.69) is 36.5 Å². The van der Waals surface area contributed by atoms with Gasteiger partial charge in [0.05, 0.1) is 6.10 Å². The first-order valence-electron chi connectivity index (χ1n) is 8.70. The molecule has 0 aromatic heterocycles. The van der Waals surface area contributed by atoms with E-state index in [0.717, 1.165) is 39.0 Å². The number of ether oxygens (including phenoxy) is 1. The third-order valence-electron chi connectivity index (χ3n) is 4.48. The number of nitrogens with zero attached hydrogens (tertiary/aromatic N) is 1. The number of carbonyl (C=O) groups excluding carboxylic acids is 1. The van der Waals surface area contributed by atoms with Crippen molar-refractivity contribution in [2.75, 3.05) is 33.3 Å². The van der Waals surface area contributed by atoms with Crippen molar-refractivity contribution < 1.29 is 9.53 Å². The molecule has 0 saturated carbocycles. The topological polar surface area (TPSA) is 41.6 Å². The Morgan fingerprint density at radius 2 is 2.08 bits per heavy atom. The van der Waals surface area contributed by atoms with Crippen LogP contribution in [0, 0.1) is 12.8 Å². The molecule has 0 bridgehead atoms. The van der Waals surface area contributed by atoms with Gasteiger partial charge in [-0.05, 0) is 38.8 Å². The van der Waals surface area contributed by atoms with Crippen LogP contribution in [0.5, 0.6) is 0 Å². The maximum absolute atomic E-state index is 12.7. The number of rotatable bonds is 8. The van der Waals surface area contributed by atoms with Crippen molar-refractivity contribution in [3.63, 3.8) is 0 Å². The molecule has 1 heterocycles. The Bertz CT molecular complexity index is 487. The second-order valence-electron chi connectivity index (χ2n) is 6.61. The number of carbonyl (C=O) groups is 1. The lowest BCUT2D eigenvalue weighted by Gasteiger charge is -2.28. The van der Waals surface area contributed by atoms with Crippen LogP contribution in [-0.2, 0) is 16.0 Å². The van der Waals surface area contributed by atoms with Crippen LogP contribution in [0.1, 0.15) is 30.9 Å². The first-order chi connectivity index (χ1) is 11.1. The Kier molecular flexibility index (Phi) is 9.34. The van der Waals surface area contributed by atoms with Gasteiger partial charge in [-0.1, -0.05) is 36.8 Å². The van der Waals surface area contributed by atoms with Crippen LogP contribution in [0.3, 0.4) is 0 Å². The van der Waals surface area contributed by atoms with Crippen LogP contribution in [0.25, 0.3) is 0 Å². The average Bonchev–Trinajstić information content (AvgIpc) is 3.05. The molecule has 1 N–H and O–H groups in total. The molecule has 136 valence electrons. The Hall–Kier alpha value is -1.10. The molecule has 5 heteroatoms. The summed E-state index contributed by atoms with van der Waals surface area (Å²) in [6.45, 7) is 7.11. The van der Waals surface area contributed by atoms with Crippen molar-refractivity contribution >= 4 is 18.3 Å². The highest BCUT2D eigenvalue weighted by molar-refractivity contribution is 5.85. The van der Waals surface area contributed by atoms with Gasteiger partial charge >= 0.3 is 0 Å². The third-order valence-corrected chi connectivity index (χ3v) is 4.48. The predicted octanol–water partition coefficient (Wildman–Crippen LogP) is 2.82. The van der Waals surface area contributed by atoms with Crippen molar-refractivity contribution in [1.82, 2.24) is 10.2 Å². The molecule has 1 amide bonds. The number of halogens is 1. The van der Waals surface area contributed by atoms with Crippen LogP contribution in [-0.4, -0.2) is 50.2 Å². The Morgan fingerprint density at radius 3 is 2.67 bits per heavy atom. The Morgan fingerprint density at radius 1 is 1.38 bits per heavy atom. The summed E-state index contributed by atoms with van der Waals surface area (Å²) in [7, 11) is 1.89. The zero-order valence-corrected chi connectivity index (χ0v) is 15.9. The van der Waals surface area contributed by atoms with Gasteiger partial charge in [0.2, 0.25) is 5.91 Å². The molecule has 1 fully saturated rings. The van der Waals surface area contributed by atoms with Gasteiger partial charge in [0, 0.05) is 32.2 Å². The summed E-state index contributed by atoms with van der Waals surface area (Å²) in [5.74, 6) is 0.224. The van der Waals surface area contributed by atoms with E-state index in [1.807, 2.05) is 18.9 Å². The summed E-state index contributed by atoms with van der Waals surface area (Å²) in [4.78, 5) is 14.7. The van der Waals surface area contributed by atoms with Crippen LogP contribution in [0.15, 0.2) is 24.3 Å². The van der Waals surface area contributed by atoms with Crippen molar-refractivity contribution in [2.24, 2.45) is 5.92 Å². The van der Waals surface area contributed by atoms with E-state index in [1.54, 1.807) is 0 Å². The smallest absolute Gasteiger partial charge is 0.226 e. The van der Waals surface area contributed by atoms with E-state index in [1.165, 1.54) is 11.1 Å². The van der Waals surface area contributed by atoms with Gasteiger partial charge in [0.1, 0.15) is 0 Å². The average molecular weight is 355 g/mol. The minimum Gasteiger partial charge on any atom is -0.376 e. The molecule has 0 aliphatic carbocycles. The lowest BCUT2D eigenvalue weighted by atomic mass is 10.1. The molecule has 24 heavy (non-hydrogen) atoms. The highest BCUT2D eigenvalue weighted by Gasteiger charge is 2.25. The highest BCUT2D eigenvalue weighted by Crippen LogP contribution is 2.15. The number of hydrogen-bond donors (Lipinski definition) is 1. The molecule has 0 radical (unpaired) electrons. The van der Waals surface area contributed by atoms with Gasteiger partial charge in [-0.2, -0.15) is 0 Å². The lowest BCUT2D eigenvalue weighted by molar-refractivity contribution is -0.136. The summed E-state index contributed by atoms with van der Waals surface area (Å²) in [6, 6.07) is 8.57. The fourth-order valence-corrected chi connectivity index (χ4v) is 3.05. The second-order valence-corrected chi connectivity index (χ2v) is 6.61. The van der Waals surface area contributed by atoms with Gasteiger partial charge < -0.3 is 15.0 Å². The Labute approximate surface area is 152 Å². The van der Waals surface area contributed by atoms with E-state index in [4.69, 9.17) is 4.74 Å². The standard InChI is InChI=1S/C19H30N2O2.ClH/c1-15-6-8-17(9-7-15)10-11-21(14-18-5-4-12-23-18)19(22)16(2)13-20-3;/h6-9,16,18,20H,4-5,10-14H2,1-3H3;1H. The van der Waals surface area contributed by atoms with Crippen LogP contribution < -0.4 is 5.32 Å². The molecule has 2 rings (SSSR count). The first-order valence-corrected chi connectivity index (χ1v) is 8.70. The molecular formula is C19H31ClN2O2. The van der Waals surface area contributed by atoms with Crippen LogP contribution in [0.4, 0.5) is 0 Å². The minimum absolute atomic E-state index is 0. The summed E-state index contributed by atoms with van der Waals surface area (Å²) >= 11 is 0. The molecule has 1 aromatic carbocycles. The van der Waals surface area contributed by atoms with E-state index < -0.39 is 0 Å². The van der Waals surface area contributed by atoms with Crippen molar-refractivity contribution in [2.45, 2.75) is 39.2 Å². The summed E-state index contributed by atoms with van der Waals surface area (Å²) in [5.41, 5.74) is 2.55. The SMILES string of the molecule is CNCC(C)C(=O)N(CCc1ccc(C)cc1)CC1CCCO1.Cl. The zero-order valence-electron chi connectivity index (χ0n) is 15.1. The maximum atomic E-state index is 12.7. The highest BCUT2D eigenvalue weighted by atomic mass is 35.5. The van der Waals surface area contributed by atoms with Gasteiger partial charge in [0.25, 0.3) is 0 Å². The molecule has 1 aliphatic heterocycles. The van der Waals surface area contributed by atoms with Gasteiger partial charge in [-0.25, -0.2) is 0 Å². The third kappa shape index (κ3) is 6.42. The molecule has 4 nitrogen and oxygen atoms in total. The summed E-state index contributed by atoms with van der Waals surface area (Å²) in [5, 5.41) is 3.10. The van der Waals surface area contributed by atoms with E-state index >= 15 is 0 Å². The number of benzene rings is 1. The quantitative estimate of drug-likeness (QED) is 0.780. The zero-order chi connectivity index (χ0) is 16.7. The number of nitrogens with one attached hydrogen (secondary N) is 1. The molecule has 1 aliphatic rings. The predicted molar refractivity (Wildman–Crippen MR) is 101 cm³/mol. The lowest BCUT2D eigenvalue weighted by Crippen LogP contribution is -2.43.